The first-order valence-electron chi connectivity index (χ1n) is 7.65. The van der Waals surface area contributed by atoms with Gasteiger partial charge in [0.1, 0.15) is 11.6 Å². The van der Waals surface area contributed by atoms with Gasteiger partial charge >= 0.3 is 0 Å². The Bertz CT molecular complexity index is 866. The number of aromatic nitrogens is 3. The van der Waals surface area contributed by atoms with Crippen LogP contribution >= 0.6 is 23.4 Å². The number of likely N-dealkylation sites (N-methyl/N-ethyl adjacent to an activating group) is 1. The molecule has 0 spiro atoms. The second-order valence-corrected chi connectivity index (χ2v) is 7.11. The Morgan fingerprint density at radius 1 is 1.16 bits per heavy atom. The summed E-state index contributed by atoms with van der Waals surface area (Å²) >= 11 is 7.45. The Hall–Kier alpha value is -2.31. The molecule has 128 valence electrons. The molecule has 1 unspecified atom stereocenters. The zero-order valence-electron chi connectivity index (χ0n) is 13.8. The van der Waals surface area contributed by atoms with Gasteiger partial charge in [-0.15, -0.1) is 10.2 Å². The second kappa shape index (κ2) is 7.72. The zero-order valence-corrected chi connectivity index (χ0v) is 15.4. The van der Waals surface area contributed by atoms with Crippen molar-refractivity contribution in [1.82, 2.24) is 19.7 Å². The summed E-state index contributed by atoms with van der Waals surface area (Å²) in [6.45, 7) is 0. The van der Waals surface area contributed by atoms with Crippen LogP contribution in [-0.4, -0.2) is 39.7 Å². The summed E-state index contributed by atoms with van der Waals surface area (Å²) in [5.74, 6) is -0.00292. The topological polar surface area (TPSA) is 51.0 Å². The number of rotatable bonds is 5. The van der Waals surface area contributed by atoms with E-state index in [-0.39, 0.29) is 5.91 Å². The molecule has 2 aromatic carbocycles. The smallest absolute Gasteiger partial charge is 0.240 e. The summed E-state index contributed by atoms with van der Waals surface area (Å²) in [4.78, 5) is 14.3. The lowest BCUT2D eigenvalue weighted by Gasteiger charge is -2.20. The average Bonchev–Trinajstić information content (AvgIpc) is 3.08. The monoisotopic (exact) mass is 372 g/mol. The summed E-state index contributed by atoms with van der Waals surface area (Å²) in [7, 11) is 3.50. The second-order valence-electron chi connectivity index (χ2n) is 5.60. The summed E-state index contributed by atoms with van der Waals surface area (Å²) in [5.41, 5.74) is 1.77. The molecule has 1 aromatic heterocycles. The van der Waals surface area contributed by atoms with Crippen molar-refractivity contribution in [3.63, 3.8) is 0 Å². The van der Waals surface area contributed by atoms with Crippen LogP contribution in [0.25, 0.3) is 5.69 Å². The molecule has 3 aromatic rings. The minimum atomic E-state index is -0.404. The van der Waals surface area contributed by atoms with Crippen molar-refractivity contribution < 1.29 is 4.79 Å². The number of carbonyl (C=O) groups is 1. The summed E-state index contributed by atoms with van der Waals surface area (Å²) in [6.07, 6.45) is 1.62. The van der Waals surface area contributed by atoms with Gasteiger partial charge in [0.05, 0.1) is 5.69 Å². The fourth-order valence-corrected chi connectivity index (χ4v) is 3.70. The standard InChI is InChI=1S/C18H17ClN4OS/c1-22(2)17(24)16(13-7-4-3-5-8-13)25-18-21-20-12-23(18)15-10-6-9-14(19)11-15/h3-12,16H,1-2H3. The minimum absolute atomic E-state index is 0.00292. The van der Waals surface area contributed by atoms with Crippen molar-refractivity contribution in [2.24, 2.45) is 0 Å². The molecule has 25 heavy (non-hydrogen) atoms. The maximum absolute atomic E-state index is 12.7. The third-order valence-corrected chi connectivity index (χ3v) is 5.03. The van der Waals surface area contributed by atoms with Crippen molar-refractivity contribution in [3.05, 3.63) is 71.5 Å². The van der Waals surface area contributed by atoms with E-state index in [0.29, 0.717) is 10.2 Å². The van der Waals surface area contributed by atoms with E-state index in [1.165, 1.54) is 11.8 Å². The number of hydrogen-bond donors (Lipinski definition) is 0. The Morgan fingerprint density at radius 3 is 2.60 bits per heavy atom. The van der Waals surface area contributed by atoms with Crippen molar-refractivity contribution >= 4 is 29.3 Å². The third kappa shape index (κ3) is 4.03. The summed E-state index contributed by atoms with van der Waals surface area (Å²) in [6, 6.07) is 17.1. The molecule has 0 aliphatic carbocycles. The highest BCUT2D eigenvalue weighted by atomic mass is 35.5. The Labute approximate surface area is 155 Å². The molecule has 0 radical (unpaired) electrons. The average molecular weight is 373 g/mol. The number of amides is 1. The number of nitrogens with zero attached hydrogens (tertiary/aromatic N) is 4. The van der Waals surface area contributed by atoms with Gasteiger partial charge in [-0.3, -0.25) is 9.36 Å². The SMILES string of the molecule is CN(C)C(=O)C(Sc1nncn1-c1cccc(Cl)c1)c1ccccc1. The summed E-state index contributed by atoms with van der Waals surface area (Å²) < 4.78 is 1.83. The molecule has 1 atom stereocenters. The van der Waals surface area contributed by atoms with Crippen LogP contribution in [0.5, 0.6) is 0 Å². The van der Waals surface area contributed by atoms with E-state index in [9.17, 15) is 4.79 Å². The maximum Gasteiger partial charge on any atom is 0.240 e. The van der Waals surface area contributed by atoms with Gasteiger partial charge in [-0.05, 0) is 23.8 Å². The quantitative estimate of drug-likeness (QED) is 0.638. The van der Waals surface area contributed by atoms with Gasteiger partial charge in [0, 0.05) is 19.1 Å². The van der Waals surface area contributed by atoms with Crippen LogP contribution in [-0.2, 0) is 4.79 Å². The van der Waals surface area contributed by atoms with Gasteiger partial charge < -0.3 is 4.90 Å². The number of carbonyl (C=O) groups excluding carboxylic acids is 1. The highest BCUT2D eigenvalue weighted by Crippen LogP contribution is 2.36. The fraction of sp³-hybridized carbons (Fsp3) is 0.167. The Morgan fingerprint density at radius 2 is 1.92 bits per heavy atom. The van der Waals surface area contributed by atoms with Crippen LogP contribution in [0.3, 0.4) is 0 Å². The molecule has 0 bridgehead atoms. The van der Waals surface area contributed by atoms with E-state index in [2.05, 4.69) is 10.2 Å². The molecule has 0 N–H and O–H groups in total. The first-order chi connectivity index (χ1) is 12.1. The van der Waals surface area contributed by atoms with Crippen LogP contribution in [0.1, 0.15) is 10.8 Å². The van der Waals surface area contributed by atoms with Crippen LogP contribution in [0, 0.1) is 0 Å². The predicted molar refractivity (Wildman–Crippen MR) is 100 cm³/mol. The Balaban J connectivity index is 1.96. The molecular weight excluding hydrogens is 356 g/mol. The lowest BCUT2D eigenvalue weighted by molar-refractivity contribution is -0.128. The molecule has 0 saturated carbocycles. The summed E-state index contributed by atoms with van der Waals surface area (Å²) in [5, 5.41) is 9.05. The molecule has 0 aliphatic rings. The predicted octanol–water partition coefficient (Wildman–Crippen LogP) is 3.84. The van der Waals surface area contributed by atoms with Crippen molar-refractivity contribution in [2.75, 3.05) is 14.1 Å². The Kier molecular flexibility index (Phi) is 5.40. The highest BCUT2D eigenvalue weighted by molar-refractivity contribution is 8.00. The molecule has 0 aliphatic heterocycles. The van der Waals surface area contributed by atoms with E-state index in [4.69, 9.17) is 11.6 Å². The van der Waals surface area contributed by atoms with E-state index >= 15 is 0 Å². The number of halogens is 1. The van der Waals surface area contributed by atoms with Gasteiger partial charge in [-0.2, -0.15) is 0 Å². The first-order valence-corrected chi connectivity index (χ1v) is 8.91. The fourth-order valence-electron chi connectivity index (χ4n) is 2.34. The molecule has 5 nitrogen and oxygen atoms in total. The molecule has 1 amide bonds. The van der Waals surface area contributed by atoms with Crippen molar-refractivity contribution in [2.45, 2.75) is 10.4 Å². The van der Waals surface area contributed by atoms with Gasteiger partial charge in [0.25, 0.3) is 0 Å². The van der Waals surface area contributed by atoms with Crippen LogP contribution < -0.4 is 0 Å². The van der Waals surface area contributed by atoms with Crippen LogP contribution in [0.2, 0.25) is 5.02 Å². The molecule has 1 heterocycles. The van der Waals surface area contributed by atoms with E-state index in [1.54, 1.807) is 25.3 Å². The zero-order chi connectivity index (χ0) is 17.8. The van der Waals surface area contributed by atoms with E-state index in [0.717, 1.165) is 11.3 Å². The maximum atomic E-state index is 12.7. The number of benzene rings is 2. The molecule has 0 saturated heterocycles. The van der Waals surface area contributed by atoms with E-state index < -0.39 is 5.25 Å². The van der Waals surface area contributed by atoms with Gasteiger partial charge in [-0.25, -0.2) is 0 Å². The largest absolute Gasteiger partial charge is 0.348 e. The van der Waals surface area contributed by atoms with Crippen molar-refractivity contribution in [1.29, 1.82) is 0 Å². The lowest BCUT2D eigenvalue weighted by atomic mass is 10.1. The van der Waals surface area contributed by atoms with Crippen LogP contribution in [0.15, 0.2) is 66.1 Å². The van der Waals surface area contributed by atoms with Crippen LogP contribution in [0.4, 0.5) is 0 Å². The molecule has 7 heteroatoms. The number of thioether (sulfide) groups is 1. The molecule has 0 fully saturated rings. The third-order valence-electron chi connectivity index (χ3n) is 3.59. The highest BCUT2D eigenvalue weighted by Gasteiger charge is 2.26. The van der Waals surface area contributed by atoms with Gasteiger partial charge in [0.2, 0.25) is 5.91 Å². The van der Waals surface area contributed by atoms with Crippen molar-refractivity contribution in [3.8, 4) is 5.69 Å². The molecular formula is C18H17ClN4OS. The van der Waals surface area contributed by atoms with Gasteiger partial charge in [0.15, 0.2) is 5.16 Å². The first kappa shape index (κ1) is 17.5. The molecule has 3 rings (SSSR count). The number of hydrogen-bond acceptors (Lipinski definition) is 4. The lowest BCUT2D eigenvalue weighted by Crippen LogP contribution is -2.26. The van der Waals surface area contributed by atoms with E-state index in [1.807, 2.05) is 59.2 Å². The normalized spacial score (nSPS) is 12.0. The van der Waals surface area contributed by atoms with Gasteiger partial charge in [-0.1, -0.05) is 59.8 Å². The minimum Gasteiger partial charge on any atom is -0.348 e.